The van der Waals surface area contributed by atoms with Gasteiger partial charge in [0.15, 0.2) is 4.80 Å². The zero-order valence-electron chi connectivity index (χ0n) is 12.6. The van der Waals surface area contributed by atoms with E-state index in [9.17, 15) is 10.1 Å². The van der Waals surface area contributed by atoms with Gasteiger partial charge >= 0.3 is 0 Å². The van der Waals surface area contributed by atoms with E-state index in [2.05, 4.69) is 16.1 Å². The number of nitro benzene ring substituents is 1. The van der Waals surface area contributed by atoms with E-state index in [1.807, 2.05) is 6.92 Å². The van der Waals surface area contributed by atoms with Crippen molar-refractivity contribution in [3.05, 3.63) is 50.3 Å². The SMILES string of the molecule is Cc1cc([N+](=O)[O-])ccc1N=c1sccn1CC1CCCC1. The monoisotopic (exact) mass is 317 g/mol. The first-order valence-electron chi connectivity index (χ1n) is 7.57. The van der Waals surface area contributed by atoms with Crippen LogP contribution in [-0.2, 0) is 6.54 Å². The highest BCUT2D eigenvalue weighted by molar-refractivity contribution is 7.07. The summed E-state index contributed by atoms with van der Waals surface area (Å²) >= 11 is 1.61. The fourth-order valence-corrected chi connectivity index (χ4v) is 3.73. The Balaban J connectivity index is 1.89. The van der Waals surface area contributed by atoms with Crippen LogP contribution >= 0.6 is 11.3 Å². The van der Waals surface area contributed by atoms with Crippen molar-refractivity contribution in [3.63, 3.8) is 0 Å². The Hall–Kier alpha value is -1.95. The molecule has 2 aromatic rings. The van der Waals surface area contributed by atoms with Crippen molar-refractivity contribution in [1.82, 2.24) is 4.57 Å². The van der Waals surface area contributed by atoms with Gasteiger partial charge < -0.3 is 4.57 Å². The number of nitro groups is 1. The van der Waals surface area contributed by atoms with Crippen LogP contribution in [0.4, 0.5) is 11.4 Å². The molecule has 6 heteroatoms. The quantitative estimate of drug-likeness (QED) is 0.627. The molecule has 1 aromatic heterocycles. The van der Waals surface area contributed by atoms with E-state index >= 15 is 0 Å². The largest absolute Gasteiger partial charge is 0.323 e. The number of benzene rings is 1. The van der Waals surface area contributed by atoms with Crippen LogP contribution in [0.25, 0.3) is 0 Å². The van der Waals surface area contributed by atoms with Crippen molar-refractivity contribution < 1.29 is 4.92 Å². The summed E-state index contributed by atoms with van der Waals surface area (Å²) in [6.45, 7) is 2.88. The summed E-state index contributed by atoms with van der Waals surface area (Å²) < 4.78 is 2.21. The molecule has 0 spiro atoms. The predicted molar refractivity (Wildman–Crippen MR) is 87.3 cm³/mol. The predicted octanol–water partition coefficient (Wildman–Crippen LogP) is 4.19. The zero-order valence-corrected chi connectivity index (χ0v) is 13.4. The van der Waals surface area contributed by atoms with Gasteiger partial charge in [-0.25, -0.2) is 4.99 Å². The molecule has 22 heavy (non-hydrogen) atoms. The molecule has 0 radical (unpaired) electrons. The van der Waals surface area contributed by atoms with Crippen LogP contribution in [0.1, 0.15) is 31.2 Å². The molecule has 0 N–H and O–H groups in total. The van der Waals surface area contributed by atoms with Crippen molar-refractivity contribution in [2.24, 2.45) is 10.9 Å². The number of hydrogen-bond acceptors (Lipinski definition) is 4. The zero-order chi connectivity index (χ0) is 15.5. The minimum absolute atomic E-state index is 0.112. The van der Waals surface area contributed by atoms with Crippen molar-refractivity contribution >= 4 is 22.7 Å². The normalized spacial score (nSPS) is 16.3. The highest BCUT2D eigenvalue weighted by Gasteiger charge is 2.15. The van der Waals surface area contributed by atoms with Crippen LogP contribution in [0.3, 0.4) is 0 Å². The first-order chi connectivity index (χ1) is 10.6. The Morgan fingerprint density at radius 1 is 1.41 bits per heavy atom. The molecule has 1 aromatic carbocycles. The number of aryl methyl sites for hydroxylation is 1. The van der Waals surface area contributed by atoms with Gasteiger partial charge in [-0.15, -0.1) is 11.3 Å². The highest BCUT2D eigenvalue weighted by atomic mass is 32.1. The minimum atomic E-state index is -0.373. The Bertz CT molecular complexity index is 742. The minimum Gasteiger partial charge on any atom is -0.323 e. The molecule has 0 saturated heterocycles. The van der Waals surface area contributed by atoms with Crippen molar-refractivity contribution in [1.29, 1.82) is 0 Å². The third-order valence-corrected chi connectivity index (χ3v) is 4.99. The third-order valence-electron chi connectivity index (χ3n) is 4.20. The topological polar surface area (TPSA) is 60.4 Å². The van der Waals surface area contributed by atoms with E-state index in [0.717, 1.165) is 28.5 Å². The molecule has 1 aliphatic rings. The standard InChI is InChI=1S/C16H19N3O2S/c1-12-10-14(19(20)21)6-7-15(12)17-16-18(8-9-22-16)11-13-4-2-3-5-13/h6-10,13H,2-5,11H2,1H3. The summed E-state index contributed by atoms with van der Waals surface area (Å²) in [6.07, 6.45) is 7.37. The van der Waals surface area contributed by atoms with Crippen molar-refractivity contribution in [3.8, 4) is 0 Å². The molecule has 1 fully saturated rings. The Morgan fingerprint density at radius 2 is 2.18 bits per heavy atom. The fraction of sp³-hybridized carbons (Fsp3) is 0.438. The second kappa shape index (κ2) is 6.44. The van der Waals surface area contributed by atoms with Crippen LogP contribution in [0.15, 0.2) is 34.8 Å². The van der Waals surface area contributed by atoms with E-state index in [1.54, 1.807) is 23.5 Å². The van der Waals surface area contributed by atoms with Gasteiger partial charge in [-0.05, 0) is 37.3 Å². The van der Waals surface area contributed by atoms with E-state index in [0.29, 0.717) is 0 Å². The van der Waals surface area contributed by atoms with E-state index < -0.39 is 0 Å². The molecular weight excluding hydrogens is 298 g/mol. The Labute approximate surface area is 133 Å². The number of thiazole rings is 1. The molecule has 1 heterocycles. The van der Waals surface area contributed by atoms with Crippen LogP contribution in [0.2, 0.25) is 0 Å². The number of aromatic nitrogens is 1. The third kappa shape index (κ3) is 3.27. The van der Waals surface area contributed by atoms with Crippen LogP contribution < -0.4 is 4.80 Å². The smallest absolute Gasteiger partial charge is 0.269 e. The van der Waals surface area contributed by atoms with E-state index in [1.165, 1.54) is 31.7 Å². The van der Waals surface area contributed by atoms with Gasteiger partial charge in [0.2, 0.25) is 0 Å². The van der Waals surface area contributed by atoms with Crippen molar-refractivity contribution in [2.75, 3.05) is 0 Å². The molecule has 1 aliphatic carbocycles. The average molecular weight is 317 g/mol. The summed E-state index contributed by atoms with van der Waals surface area (Å²) in [6, 6.07) is 4.82. The van der Waals surface area contributed by atoms with Gasteiger partial charge in [0, 0.05) is 30.3 Å². The molecule has 0 unspecified atom stereocenters. The van der Waals surface area contributed by atoms with Gasteiger partial charge in [0.25, 0.3) is 5.69 Å². The maximum absolute atomic E-state index is 10.8. The number of nitrogens with zero attached hydrogens (tertiary/aromatic N) is 3. The molecule has 0 atom stereocenters. The summed E-state index contributed by atoms with van der Waals surface area (Å²) in [5.74, 6) is 0.756. The molecular formula is C16H19N3O2S. The first kappa shape index (κ1) is 15.0. The van der Waals surface area contributed by atoms with E-state index in [-0.39, 0.29) is 10.6 Å². The van der Waals surface area contributed by atoms with Gasteiger partial charge in [0.05, 0.1) is 10.6 Å². The second-order valence-corrected chi connectivity index (χ2v) is 6.70. The Morgan fingerprint density at radius 3 is 2.86 bits per heavy atom. The average Bonchev–Trinajstić information content (AvgIpc) is 3.14. The summed E-state index contributed by atoms with van der Waals surface area (Å²) in [4.78, 5) is 16.1. The second-order valence-electron chi connectivity index (χ2n) is 5.83. The molecule has 3 rings (SSSR count). The van der Waals surface area contributed by atoms with Gasteiger partial charge in [-0.1, -0.05) is 12.8 Å². The maximum Gasteiger partial charge on any atom is 0.269 e. The number of hydrogen-bond donors (Lipinski definition) is 0. The first-order valence-corrected chi connectivity index (χ1v) is 8.45. The summed E-state index contributed by atoms with van der Waals surface area (Å²) in [7, 11) is 0. The Kier molecular flexibility index (Phi) is 4.38. The number of rotatable bonds is 4. The van der Waals surface area contributed by atoms with Crippen molar-refractivity contribution in [2.45, 2.75) is 39.2 Å². The molecule has 1 saturated carbocycles. The molecule has 0 aliphatic heterocycles. The van der Waals surface area contributed by atoms with Crippen LogP contribution in [-0.4, -0.2) is 9.49 Å². The maximum atomic E-state index is 10.8. The number of non-ortho nitro benzene ring substituents is 1. The fourth-order valence-electron chi connectivity index (χ4n) is 2.98. The molecule has 0 bridgehead atoms. The lowest BCUT2D eigenvalue weighted by Gasteiger charge is -2.09. The van der Waals surface area contributed by atoms with Crippen LogP contribution in [0.5, 0.6) is 0 Å². The van der Waals surface area contributed by atoms with Gasteiger partial charge in [0.1, 0.15) is 0 Å². The highest BCUT2D eigenvalue weighted by Crippen LogP contribution is 2.26. The molecule has 5 nitrogen and oxygen atoms in total. The summed E-state index contributed by atoms with van der Waals surface area (Å²) in [5.41, 5.74) is 1.74. The lowest BCUT2D eigenvalue weighted by molar-refractivity contribution is -0.384. The molecule has 0 amide bonds. The molecule has 116 valence electrons. The van der Waals surface area contributed by atoms with E-state index in [4.69, 9.17) is 4.99 Å². The van der Waals surface area contributed by atoms with Crippen LogP contribution in [0, 0.1) is 23.0 Å². The van der Waals surface area contributed by atoms with Gasteiger partial charge in [-0.3, -0.25) is 10.1 Å². The lowest BCUT2D eigenvalue weighted by Crippen LogP contribution is -2.18. The summed E-state index contributed by atoms with van der Waals surface area (Å²) in [5, 5.41) is 12.9. The van der Waals surface area contributed by atoms with Gasteiger partial charge in [-0.2, -0.15) is 0 Å². The lowest BCUT2D eigenvalue weighted by atomic mass is 10.1.